The Hall–Kier alpha value is -3.33. The van der Waals surface area contributed by atoms with E-state index in [1.807, 2.05) is 6.07 Å². The van der Waals surface area contributed by atoms with E-state index in [-0.39, 0.29) is 35.5 Å². The highest BCUT2D eigenvalue weighted by Crippen LogP contribution is 2.50. The van der Waals surface area contributed by atoms with Crippen molar-refractivity contribution in [1.29, 1.82) is 5.26 Å². The molecule has 5 atom stereocenters. The molecule has 8 nitrogen and oxygen atoms in total. The molecule has 3 N–H and O–H groups in total. The van der Waals surface area contributed by atoms with Gasteiger partial charge in [-0.25, -0.2) is 17.6 Å². The monoisotopic (exact) mass is 553 g/mol. The Morgan fingerprint density at radius 1 is 1.26 bits per heavy atom. The van der Waals surface area contributed by atoms with Gasteiger partial charge in [0.15, 0.2) is 0 Å². The summed E-state index contributed by atoms with van der Waals surface area (Å²) >= 11 is 5.92. The minimum Gasteiger partial charge on any atom is -0.356 e. The molecule has 3 fully saturated rings. The predicted octanol–water partition coefficient (Wildman–Crippen LogP) is 3.51. The number of nitrogens with one attached hydrogen (secondary N) is 3. The predicted molar refractivity (Wildman–Crippen MR) is 127 cm³/mol. The molecule has 3 heterocycles. The summed E-state index contributed by atoms with van der Waals surface area (Å²) < 4.78 is 56.8. The van der Waals surface area contributed by atoms with Crippen LogP contribution in [0, 0.1) is 40.7 Å². The molecular weight excluding hydrogens is 530 g/mol. The van der Waals surface area contributed by atoms with E-state index < -0.39 is 77.1 Å². The van der Waals surface area contributed by atoms with Crippen LogP contribution >= 0.6 is 11.6 Å². The molecule has 2 saturated heterocycles. The maximum absolute atomic E-state index is 14.3. The number of piperidine rings is 1. The molecule has 1 saturated carbocycles. The summed E-state index contributed by atoms with van der Waals surface area (Å²) in [4.78, 5) is 42.8. The number of alkyl halides is 2. The third kappa shape index (κ3) is 4.68. The topological polar surface area (TPSA) is 118 Å². The lowest BCUT2D eigenvalue weighted by molar-refractivity contribution is -0.129. The van der Waals surface area contributed by atoms with Crippen LogP contribution in [0.3, 0.4) is 0 Å². The van der Waals surface area contributed by atoms with Gasteiger partial charge in [0, 0.05) is 43.3 Å². The Labute approximate surface area is 219 Å². The van der Waals surface area contributed by atoms with Gasteiger partial charge >= 0.3 is 0 Å². The van der Waals surface area contributed by atoms with E-state index in [9.17, 15) is 37.2 Å². The summed E-state index contributed by atoms with van der Waals surface area (Å²) in [6.45, 7) is 0.379. The maximum atomic E-state index is 14.3. The Balaban J connectivity index is 1.41. The normalized spacial score (nSPS) is 27.1. The molecule has 1 aromatic heterocycles. The number of hydrogen-bond donors (Lipinski definition) is 3. The highest BCUT2D eigenvalue weighted by atomic mass is 35.5. The van der Waals surface area contributed by atoms with Crippen LogP contribution in [0.4, 0.5) is 17.6 Å². The van der Waals surface area contributed by atoms with Gasteiger partial charge in [-0.1, -0.05) is 11.6 Å². The van der Waals surface area contributed by atoms with Gasteiger partial charge in [0.2, 0.25) is 17.7 Å². The van der Waals surface area contributed by atoms with Crippen LogP contribution in [-0.4, -0.2) is 58.7 Å². The lowest BCUT2D eigenvalue weighted by Crippen LogP contribution is -2.52. The molecule has 3 amide bonds. The second-order valence-electron chi connectivity index (χ2n) is 10.3. The van der Waals surface area contributed by atoms with Crippen LogP contribution in [0.1, 0.15) is 42.6 Å². The summed E-state index contributed by atoms with van der Waals surface area (Å²) in [5.41, 5.74) is -0.332. The average Bonchev–Trinajstić information content (AvgIpc) is 3.53. The van der Waals surface area contributed by atoms with Crippen LogP contribution in [0.15, 0.2) is 12.1 Å². The van der Waals surface area contributed by atoms with Crippen molar-refractivity contribution in [3.05, 3.63) is 34.5 Å². The number of aromatic nitrogens is 1. The van der Waals surface area contributed by atoms with Crippen molar-refractivity contribution in [1.82, 2.24) is 20.5 Å². The first kappa shape index (κ1) is 26.3. The number of amides is 3. The van der Waals surface area contributed by atoms with Gasteiger partial charge in [-0.15, -0.1) is 0 Å². The van der Waals surface area contributed by atoms with Gasteiger partial charge in [0.05, 0.1) is 11.6 Å². The minimum absolute atomic E-state index is 0.0460. The van der Waals surface area contributed by atoms with Crippen molar-refractivity contribution in [2.45, 2.75) is 50.1 Å². The van der Waals surface area contributed by atoms with E-state index >= 15 is 0 Å². The fourth-order valence-corrected chi connectivity index (χ4v) is 6.25. The fraction of sp³-hybridized carbons (Fsp3) is 0.520. The number of nitrogens with zero attached hydrogens (tertiary/aromatic N) is 2. The van der Waals surface area contributed by atoms with E-state index in [1.165, 1.54) is 0 Å². The van der Waals surface area contributed by atoms with E-state index in [0.717, 1.165) is 17.4 Å². The van der Waals surface area contributed by atoms with Gasteiger partial charge in [-0.05, 0) is 37.2 Å². The smallest absolute Gasteiger partial charge is 0.271 e. The zero-order valence-electron chi connectivity index (χ0n) is 20.0. The quantitative estimate of drug-likeness (QED) is 0.388. The molecule has 2 aromatic rings. The van der Waals surface area contributed by atoms with E-state index in [4.69, 9.17) is 11.6 Å². The van der Waals surface area contributed by atoms with E-state index in [0.29, 0.717) is 19.0 Å². The molecule has 1 aliphatic carbocycles. The number of H-pyrrole nitrogens is 1. The number of aromatic amines is 1. The van der Waals surface area contributed by atoms with Crippen LogP contribution < -0.4 is 10.6 Å². The second kappa shape index (κ2) is 9.76. The molecular formula is C25H24ClF4N5O3. The number of hydrogen-bond acceptors (Lipinski definition) is 4. The Bertz CT molecular complexity index is 1360. The number of rotatable bonds is 5. The van der Waals surface area contributed by atoms with Gasteiger partial charge in [-0.3, -0.25) is 14.4 Å². The molecule has 0 radical (unpaired) electrons. The molecule has 1 aromatic carbocycles. The maximum Gasteiger partial charge on any atom is 0.271 e. The van der Waals surface area contributed by atoms with Crippen molar-refractivity contribution in [2.24, 2.45) is 17.8 Å². The summed E-state index contributed by atoms with van der Waals surface area (Å²) in [6.07, 6.45) is 0.203. The Kier molecular flexibility index (Phi) is 6.75. The van der Waals surface area contributed by atoms with Crippen molar-refractivity contribution in [3.8, 4) is 6.07 Å². The molecule has 0 spiro atoms. The summed E-state index contributed by atoms with van der Waals surface area (Å²) in [6, 6.07) is 1.28. The van der Waals surface area contributed by atoms with Crippen molar-refractivity contribution in [3.63, 3.8) is 0 Å². The number of carbonyl (C=O) groups excluding carboxylic acids is 3. The lowest BCUT2D eigenvalue weighted by Gasteiger charge is -2.29. The second-order valence-corrected chi connectivity index (χ2v) is 10.7. The molecule has 3 aliphatic rings. The van der Waals surface area contributed by atoms with Crippen LogP contribution in [0.25, 0.3) is 10.9 Å². The molecule has 38 heavy (non-hydrogen) atoms. The molecule has 2 aliphatic heterocycles. The van der Waals surface area contributed by atoms with Crippen LogP contribution in [0.2, 0.25) is 5.02 Å². The number of nitriles is 1. The lowest BCUT2D eigenvalue weighted by atomic mass is 9.90. The molecule has 13 heteroatoms. The van der Waals surface area contributed by atoms with Crippen molar-refractivity contribution < 1.29 is 31.9 Å². The Morgan fingerprint density at radius 3 is 2.74 bits per heavy atom. The molecule has 202 valence electrons. The number of likely N-dealkylation sites (tertiary alicyclic amines) is 1. The average molecular weight is 554 g/mol. The molecule has 5 unspecified atom stereocenters. The third-order valence-electron chi connectivity index (χ3n) is 7.78. The third-order valence-corrected chi connectivity index (χ3v) is 8.15. The number of carbonyl (C=O) groups is 3. The SMILES string of the molecule is N#CC(CC1CCCNC1=O)NC(=O)C1C2CC(F)(F)CC2CN1C(=O)c1cc2c(F)cc(F)c(Cl)c2[nH]1. The van der Waals surface area contributed by atoms with Gasteiger partial charge in [0.1, 0.15) is 34.4 Å². The first-order chi connectivity index (χ1) is 18.0. The first-order valence-electron chi connectivity index (χ1n) is 12.3. The van der Waals surface area contributed by atoms with Gasteiger partial charge in [0.25, 0.3) is 5.91 Å². The fourth-order valence-electron chi connectivity index (χ4n) is 6.05. The number of benzene rings is 1. The number of fused-ring (bicyclic) bond motifs is 2. The minimum atomic E-state index is -3.01. The largest absolute Gasteiger partial charge is 0.356 e. The first-order valence-corrected chi connectivity index (χ1v) is 12.7. The highest BCUT2D eigenvalue weighted by molar-refractivity contribution is 6.35. The summed E-state index contributed by atoms with van der Waals surface area (Å²) in [7, 11) is 0. The van der Waals surface area contributed by atoms with Crippen LogP contribution in [-0.2, 0) is 9.59 Å². The van der Waals surface area contributed by atoms with Gasteiger partial charge < -0.3 is 20.5 Å². The highest BCUT2D eigenvalue weighted by Gasteiger charge is 2.58. The summed E-state index contributed by atoms with van der Waals surface area (Å²) in [5, 5.41) is 14.3. The summed E-state index contributed by atoms with van der Waals surface area (Å²) in [5.74, 6) is -8.77. The molecule has 0 bridgehead atoms. The standard InChI is InChI=1S/C25H24ClF4N5O3/c26-19-17(28)6-16(27)14-5-18(34-20(14)19)24(38)35-10-12-7-25(29,30)8-15(12)21(35)23(37)33-13(9-31)4-11-2-1-3-32-22(11)36/h5-6,11-13,15,21,34H,1-4,7-8,10H2,(H,32,36)(H,33,37). The zero-order chi connectivity index (χ0) is 27.4. The van der Waals surface area contributed by atoms with Crippen molar-refractivity contribution in [2.75, 3.05) is 13.1 Å². The van der Waals surface area contributed by atoms with E-state index in [2.05, 4.69) is 15.6 Å². The Morgan fingerprint density at radius 2 is 2.03 bits per heavy atom. The molecule has 5 rings (SSSR count). The van der Waals surface area contributed by atoms with Gasteiger partial charge in [-0.2, -0.15) is 5.26 Å². The van der Waals surface area contributed by atoms with Crippen LogP contribution in [0.5, 0.6) is 0 Å². The number of halogens is 5. The van der Waals surface area contributed by atoms with E-state index in [1.54, 1.807) is 0 Å². The zero-order valence-corrected chi connectivity index (χ0v) is 20.8. The van der Waals surface area contributed by atoms with Crippen molar-refractivity contribution >= 4 is 40.2 Å².